The summed E-state index contributed by atoms with van der Waals surface area (Å²) in [5, 5.41) is 0. The Labute approximate surface area is 187 Å². The van der Waals surface area contributed by atoms with Gasteiger partial charge in [0.25, 0.3) is 0 Å². The first-order valence-electron chi connectivity index (χ1n) is 11.4. The first-order chi connectivity index (χ1) is 15.3. The van der Waals surface area contributed by atoms with Gasteiger partial charge in [-0.25, -0.2) is 0 Å². The van der Waals surface area contributed by atoms with Crippen molar-refractivity contribution in [2.45, 2.75) is 63.3 Å². The normalized spacial score (nSPS) is 43.2. The van der Waals surface area contributed by atoms with Gasteiger partial charge >= 0.3 is 11.9 Å². The van der Waals surface area contributed by atoms with Crippen LogP contribution in [0.3, 0.4) is 0 Å². The molecule has 0 N–H and O–H groups in total. The van der Waals surface area contributed by atoms with Gasteiger partial charge in [0.05, 0.1) is 18.6 Å². The van der Waals surface area contributed by atoms with E-state index >= 15 is 0 Å². The first-order valence-corrected chi connectivity index (χ1v) is 11.4. The average molecular weight is 437 g/mol. The molecule has 7 rings (SSSR count). The number of carbonyl (C=O) groups is 3. The molecular formula is C25H28N2O5. The van der Waals surface area contributed by atoms with E-state index in [2.05, 4.69) is 11.0 Å². The van der Waals surface area contributed by atoms with Crippen molar-refractivity contribution in [2.24, 2.45) is 11.3 Å². The number of methoxy groups -OCH3 is 1. The number of piperidine rings is 4. The third kappa shape index (κ3) is 1.92. The summed E-state index contributed by atoms with van der Waals surface area (Å²) in [7, 11) is 1.42. The van der Waals surface area contributed by atoms with E-state index in [1.165, 1.54) is 19.6 Å². The number of hydrogen-bond acceptors (Lipinski definition) is 6. The highest BCUT2D eigenvalue weighted by Crippen LogP contribution is 2.73. The maximum Gasteiger partial charge on any atom is 0.317 e. The van der Waals surface area contributed by atoms with Gasteiger partial charge in [0, 0.05) is 44.1 Å². The predicted octanol–water partition coefficient (Wildman–Crippen LogP) is 2.19. The number of fused-ring (bicyclic) bond motifs is 2. The molecule has 1 saturated carbocycles. The molecule has 8 atom stereocenters. The lowest BCUT2D eigenvalue weighted by atomic mass is 9.58. The number of rotatable bonds is 2. The van der Waals surface area contributed by atoms with Gasteiger partial charge in [-0.2, -0.15) is 0 Å². The van der Waals surface area contributed by atoms with E-state index in [-0.39, 0.29) is 35.9 Å². The molecule has 5 bridgehead atoms. The first kappa shape index (κ1) is 20.0. The third-order valence-corrected chi connectivity index (χ3v) is 9.05. The van der Waals surface area contributed by atoms with Crippen LogP contribution in [0.5, 0.6) is 0 Å². The van der Waals surface area contributed by atoms with Gasteiger partial charge in [-0.3, -0.25) is 19.3 Å². The van der Waals surface area contributed by atoms with Crippen LogP contribution >= 0.6 is 0 Å². The number of carbonyl (C=O) groups excluding carboxylic acids is 3. The second kappa shape index (κ2) is 6.22. The second-order valence-electron chi connectivity index (χ2n) is 9.92. The van der Waals surface area contributed by atoms with E-state index in [9.17, 15) is 14.4 Å². The largest absolute Gasteiger partial charge is 0.468 e. The van der Waals surface area contributed by atoms with Gasteiger partial charge in [-0.1, -0.05) is 29.8 Å². The number of benzene rings is 1. The van der Waals surface area contributed by atoms with E-state index in [0.29, 0.717) is 6.42 Å². The molecule has 7 heteroatoms. The van der Waals surface area contributed by atoms with E-state index < -0.39 is 22.9 Å². The summed E-state index contributed by atoms with van der Waals surface area (Å²) in [6.07, 6.45) is 2.81. The van der Waals surface area contributed by atoms with Gasteiger partial charge in [0.2, 0.25) is 5.91 Å². The number of ether oxygens (including phenoxy) is 2. The van der Waals surface area contributed by atoms with Crippen molar-refractivity contribution in [1.29, 1.82) is 0 Å². The number of amides is 1. The number of allylic oxidation sites excluding steroid dienone is 1. The number of esters is 2. The number of nitrogens with zero attached hydrogens (tertiary/aromatic N) is 2. The summed E-state index contributed by atoms with van der Waals surface area (Å²) >= 11 is 0. The molecular weight excluding hydrogens is 408 g/mol. The van der Waals surface area contributed by atoms with Crippen LogP contribution in [0, 0.1) is 11.3 Å². The number of hydrogen-bond donors (Lipinski definition) is 0. The molecule has 7 nitrogen and oxygen atoms in total. The van der Waals surface area contributed by atoms with Crippen molar-refractivity contribution in [3.63, 3.8) is 0 Å². The van der Waals surface area contributed by atoms with E-state index in [1.54, 1.807) is 6.92 Å². The van der Waals surface area contributed by atoms with Crippen molar-refractivity contribution >= 4 is 23.5 Å². The Morgan fingerprint density at radius 3 is 2.59 bits per heavy atom. The Kier molecular flexibility index (Phi) is 3.88. The lowest BCUT2D eigenvalue weighted by molar-refractivity contribution is -0.187. The molecule has 1 aromatic rings. The highest BCUT2D eigenvalue weighted by atomic mass is 16.6. The fourth-order valence-corrected chi connectivity index (χ4v) is 8.37. The summed E-state index contributed by atoms with van der Waals surface area (Å²) < 4.78 is 11.6. The summed E-state index contributed by atoms with van der Waals surface area (Å²) in [4.78, 5) is 43.6. The molecule has 4 saturated heterocycles. The Balaban J connectivity index is 1.70. The minimum absolute atomic E-state index is 0.0230. The molecule has 1 amide bonds. The van der Waals surface area contributed by atoms with Crippen LogP contribution in [0.4, 0.5) is 5.69 Å². The summed E-state index contributed by atoms with van der Waals surface area (Å²) in [5.74, 6) is -0.813. The lowest BCUT2D eigenvalue weighted by Gasteiger charge is -2.61. The van der Waals surface area contributed by atoms with E-state index in [0.717, 1.165) is 24.2 Å². The maximum atomic E-state index is 13.7. The minimum Gasteiger partial charge on any atom is -0.468 e. The van der Waals surface area contributed by atoms with Gasteiger partial charge in [-0.05, 0) is 31.4 Å². The van der Waals surface area contributed by atoms with Crippen molar-refractivity contribution in [1.82, 2.24) is 4.90 Å². The van der Waals surface area contributed by atoms with Crippen molar-refractivity contribution in [2.75, 3.05) is 18.6 Å². The monoisotopic (exact) mass is 436 g/mol. The van der Waals surface area contributed by atoms with Gasteiger partial charge in [0.15, 0.2) is 0 Å². The fourth-order valence-electron chi connectivity index (χ4n) is 8.37. The van der Waals surface area contributed by atoms with Gasteiger partial charge in [-0.15, -0.1) is 0 Å². The predicted molar refractivity (Wildman–Crippen MR) is 116 cm³/mol. The molecule has 1 unspecified atom stereocenters. The zero-order chi connectivity index (χ0) is 22.6. The van der Waals surface area contributed by atoms with Crippen molar-refractivity contribution in [3.8, 4) is 0 Å². The number of para-hydroxylation sites is 1. The molecule has 0 aromatic heterocycles. The molecule has 168 valence electrons. The molecule has 1 aromatic carbocycles. The molecule has 5 fully saturated rings. The van der Waals surface area contributed by atoms with Gasteiger partial charge in [0.1, 0.15) is 11.5 Å². The van der Waals surface area contributed by atoms with Crippen LogP contribution in [-0.2, 0) is 29.3 Å². The molecule has 5 heterocycles. The molecule has 1 spiro atoms. The zero-order valence-corrected chi connectivity index (χ0v) is 18.8. The Bertz CT molecular complexity index is 1100. The molecule has 6 aliphatic rings. The van der Waals surface area contributed by atoms with Crippen LogP contribution in [0.1, 0.15) is 39.2 Å². The maximum absolute atomic E-state index is 13.7. The molecule has 5 aliphatic heterocycles. The van der Waals surface area contributed by atoms with Gasteiger partial charge < -0.3 is 14.4 Å². The molecule has 1 aliphatic carbocycles. The topological polar surface area (TPSA) is 76.2 Å². The summed E-state index contributed by atoms with van der Waals surface area (Å²) in [6, 6.07) is 7.75. The fraction of sp³-hybridized carbons (Fsp3) is 0.560. The van der Waals surface area contributed by atoms with Crippen LogP contribution in [0.2, 0.25) is 0 Å². The number of anilines is 1. The van der Waals surface area contributed by atoms with Crippen LogP contribution in [0.25, 0.3) is 0 Å². The Hall–Kier alpha value is -2.67. The Morgan fingerprint density at radius 1 is 1.19 bits per heavy atom. The summed E-state index contributed by atoms with van der Waals surface area (Å²) in [6.45, 7) is 5.79. The van der Waals surface area contributed by atoms with Crippen LogP contribution < -0.4 is 4.90 Å². The Morgan fingerprint density at radius 2 is 1.94 bits per heavy atom. The smallest absolute Gasteiger partial charge is 0.317 e. The highest BCUT2D eigenvalue weighted by molar-refractivity contribution is 5.97. The van der Waals surface area contributed by atoms with E-state index in [4.69, 9.17) is 9.47 Å². The third-order valence-electron chi connectivity index (χ3n) is 9.05. The average Bonchev–Trinajstić information content (AvgIpc) is 3.21. The van der Waals surface area contributed by atoms with E-state index in [1.807, 2.05) is 36.1 Å². The quantitative estimate of drug-likeness (QED) is 0.523. The lowest BCUT2D eigenvalue weighted by Crippen LogP contribution is -2.72. The highest BCUT2D eigenvalue weighted by Gasteiger charge is 2.84. The summed E-state index contributed by atoms with van der Waals surface area (Å²) in [5.41, 5.74) is 1.47. The zero-order valence-electron chi connectivity index (χ0n) is 18.8. The molecule has 0 radical (unpaired) electrons. The van der Waals surface area contributed by atoms with Crippen molar-refractivity contribution < 1.29 is 23.9 Å². The van der Waals surface area contributed by atoms with Crippen molar-refractivity contribution in [3.05, 3.63) is 41.5 Å². The SMILES string of the molecule is CC=C1CN2[C@H]3C[C@@]45c6ccccc6N(C(C)=O)[C@@H]4[C@@H]2C[C@@H]1[C@]3(C(=O)OC)[C@H]5OC(C)=O. The second-order valence-corrected chi connectivity index (χ2v) is 9.92. The van der Waals surface area contributed by atoms with Crippen LogP contribution in [-0.4, -0.2) is 60.6 Å². The standard InChI is InChI=1S/C25H28N2O5/c1-5-15-12-26-19-10-17(15)25(23(30)31-4)20(26)11-24(22(25)32-14(3)29)16-8-6-7-9-18(16)27(13(2)28)21(19)24/h5-9,17,19-22H,10-12H2,1-4H3/t17-,19-,20-,21+,22-,24+,25+/m0/s1. The molecule has 32 heavy (non-hydrogen) atoms. The van der Waals surface area contributed by atoms with Crippen LogP contribution in [0.15, 0.2) is 35.9 Å². The minimum atomic E-state index is -0.980.